The SMILES string of the molecule is CC(C)c1csc(NC(=O)C2Cc3cc(Cl)ccc3O2)n1. The Bertz CT molecular complexity index is 684. The number of hydrogen-bond donors (Lipinski definition) is 1. The summed E-state index contributed by atoms with van der Waals surface area (Å²) < 4.78 is 5.66. The summed E-state index contributed by atoms with van der Waals surface area (Å²) in [5.74, 6) is 0.898. The molecule has 1 amide bonds. The third kappa shape index (κ3) is 3.04. The highest BCUT2D eigenvalue weighted by Crippen LogP contribution is 2.31. The van der Waals surface area contributed by atoms with Crippen molar-refractivity contribution in [3.05, 3.63) is 39.9 Å². The van der Waals surface area contributed by atoms with E-state index in [4.69, 9.17) is 16.3 Å². The van der Waals surface area contributed by atoms with Crippen LogP contribution in [0.3, 0.4) is 0 Å². The summed E-state index contributed by atoms with van der Waals surface area (Å²) in [5, 5.41) is 6.05. The molecular formula is C15H15ClN2O2S. The van der Waals surface area contributed by atoms with Crippen LogP contribution in [-0.4, -0.2) is 17.0 Å². The zero-order valence-electron chi connectivity index (χ0n) is 11.7. The number of carbonyl (C=O) groups is 1. The summed E-state index contributed by atoms with van der Waals surface area (Å²) in [7, 11) is 0. The van der Waals surface area contributed by atoms with Crippen molar-refractivity contribution >= 4 is 34.0 Å². The number of anilines is 1. The predicted octanol–water partition coefficient (Wildman–Crippen LogP) is 3.86. The van der Waals surface area contributed by atoms with E-state index in [0.29, 0.717) is 22.5 Å². The minimum absolute atomic E-state index is 0.174. The van der Waals surface area contributed by atoms with Crippen molar-refractivity contribution in [3.63, 3.8) is 0 Å². The fraction of sp³-hybridized carbons (Fsp3) is 0.333. The molecule has 1 aromatic carbocycles. The fourth-order valence-corrected chi connectivity index (χ4v) is 3.23. The molecule has 0 spiro atoms. The third-order valence-corrected chi connectivity index (χ3v) is 4.34. The second kappa shape index (κ2) is 5.66. The molecule has 0 bridgehead atoms. The first-order chi connectivity index (χ1) is 10.0. The van der Waals surface area contributed by atoms with Gasteiger partial charge in [-0.05, 0) is 29.7 Å². The van der Waals surface area contributed by atoms with E-state index in [1.807, 2.05) is 11.4 Å². The van der Waals surface area contributed by atoms with Crippen LogP contribution >= 0.6 is 22.9 Å². The highest BCUT2D eigenvalue weighted by molar-refractivity contribution is 7.13. The standard InChI is InChI=1S/C15H15ClN2O2S/c1-8(2)11-7-21-15(17-11)18-14(19)13-6-9-5-10(16)3-4-12(9)20-13/h3-5,7-8,13H,6H2,1-2H3,(H,17,18,19). The van der Waals surface area contributed by atoms with Crippen molar-refractivity contribution < 1.29 is 9.53 Å². The molecule has 4 nitrogen and oxygen atoms in total. The summed E-state index contributed by atoms with van der Waals surface area (Å²) in [6.07, 6.45) is 0.00861. The first kappa shape index (κ1) is 14.4. The van der Waals surface area contributed by atoms with Crippen LogP contribution in [0.1, 0.15) is 31.0 Å². The summed E-state index contributed by atoms with van der Waals surface area (Å²) in [6, 6.07) is 5.39. The van der Waals surface area contributed by atoms with Crippen LogP contribution in [0, 0.1) is 0 Å². The van der Waals surface area contributed by atoms with Crippen molar-refractivity contribution in [1.82, 2.24) is 4.98 Å². The molecule has 2 aromatic rings. The molecule has 0 fully saturated rings. The highest BCUT2D eigenvalue weighted by atomic mass is 35.5. The number of aromatic nitrogens is 1. The van der Waals surface area contributed by atoms with E-state index in [2.05, 4.69) is 24.1 Å². The Morgan fingerprint density at radius 2 is 2.33 bits per heavy atom. The third-order valence-electron chi connectivity index (χ3n) is 3.33. The van der Waals surface area contributed by atoms with Crippen molar-refractivity contribution in [2.45, 2.75) is 32.3 Å². The van der Waals surface area contributed by atoms with Crippen LogP contribution < -0.4 is 10.1 Å². The molecule has 21 heavy (non-hydrogen) atoms. The Morgan fingerprint density at radius 1 is 1.52 bits per heavy atom. The Labute approximate surface area is 132 Å². The van der Waals surface area contributed by atoms with Gasteiger partial charge in [-0.3, -0.25) is 10.1 Å². The van der Waals surface area contributed by atoms with Gasteiger partial charge in [-0.2, -0.15) is 0 Å². The average Bonchev–Trinajstić information content (AvgIpc) is 3.04. The second-order valence-corrected chi connectivity index (χ2v) is 6.58. The molecular weight excluding hydrogens is 308 g/mol. The molecule has 3 rings (SSSR count). The first-order valence-corrected chi connectivity index (χ1v) is 8.00. The summed E-state index contributed by atoms with van der Waals surface area (Å²) >= 11 is 7.38. The number of benzene rings is 1. The molecule has 0 radical (unpaired) electrons. The number of halogens is 1. The molecule has 0 saturated carbocycles. The molecule has 1 aliphatic heterocycles. The molecule has 2 heterocycles. The zero-order valence-corrected chi connectivity index (χ0v) is 13.3. The molecule has 1 N–H and O–H groups in total. The molecule has 6 heteroatoms. The van der Waals surface area contributed by atoms with E-state index >= 15 is 0 Å². The van der Waals surface area contributed by atoms with E-state index in [-0.39, 0.29) is 5.91 Å². The molecule has 1 aliphatic rings. The van der Waals surface area contributed by atoms with E-state index in [0.717, 1.165) is 17.0 Å². The van der Waals surface area contributed by atoms with Gasteiger partial charge in [0.25, 0.3) is 5.91 Å². The first-order valence-electron chi connectivity index (χ1n) is 6.74. The summed E-state index contributed by atoms with van der Waals surface area (Å²) in [4.78, 5) is 16.6. The maximum Gasteiger partial charge on any atom is 0.267 e. The Morgan fingerprint density at radius 3 is 3.05 bits per heavy atom. The van der Waals surface area contributed by atoms with Gasteiger partial charge in [0.1, 0.15) is 5.75 Å². The minimum Gasteiger partial charge on any atom is -0.480 e. The maximum atomic E-state index is 12.2. The average molecular weight is 323 g/mol. The molecule has 0 saturated heterocycles. The number of nitrogens with one attached hydrogen (secondary N) is 1. The van der Waals surface area contributed by atoms with E-state index in [1.54, 1.807) is 12.1 Å². The van der Waals surface area contributed by atoms with Gasteiger partial charge in [0.05, 0.1) is 5.69 Å². The van der Waals surface area contributed by atoms with Gasteiger partial charge in [0.15, 0.2) is 11.2 Å². The fourth-order valence-electron chi connectivity index (χ4n) is 2.16. The topological polar surface area (TPSA) is 51.2 Å². The zero-order chi connectivity index (χ0) is 15.0. The number of nitrogens with zero attached hydrogens (tertiary/aromatic N) is 1. The van der Waals surface area contributed by atoms with Gasteiger partial charge in [0, 0.05) is 16.8 Å². The predicted molar refractivity (Wildman–Crippen MR) is 84.4 cm³/mol. The Hall–Kier alpha value is -1.59. The molecule has 1 aromatic heterocycles. The normalized spacial score (nSPS) is 16.7. The lowest BCUT2D eigenvalue weighted by molar-refractivity contribution is -0.122. The second-order valence-electron chi connectivity index (χ2n) is 5.28. The lowest BCUT2D eigenvalue weighted by Gasteiger charge is -2.09. The van der Waals surface area contributed by atoms with Crippen LogP contribution in [0.2, 0.25) is 5.02 Å². The van der Waals surface area contributed by atoms with Crippen molar-refractivity contribution in [2.75, 3.05) is 5.32 Å². The highest BCUT2D eigenvalue weighted by Gasteiger charge is 2.29. The van der Waals surface area contributed by atoms with Gasteiger partial charge in [-0.1, -0.05) is 25.4 Å². The number of rotatable bonds is 3. The van der Waals surface area contributed by atoms with E-state index < -0.39 is 6.10 Å². The van der Waals surface area contributed by atoms with Gasteiger partial charge in [-0.25, -0.2) is 4.98 Å². The number of fused-ring (bicyclic) bond motifs is 1. The Kier molecular flexibility index (Phi) is 3.87. The monoisotopic (exact) mass is 322 g/mol. The summed E-state index contributed by atoms with van der Waals surface area (Å²) in [6.45, 7) is 4.14. The lowest BCUT2D eigenvalue weighted by atomic mass is 10.1. The molecule has 1 atom stereocenters. The number of amides is 1. The number of hydrogen-bond acceptors (Lipinski definition) is 4. The van der Waals surface area contributed by atoms with Crippen molar-refractivity contribution in [1.29, 1.82) is 0 Å². The Balaban J connectivity index is 1.67. The van der Waals surface area contributed by atoms with Crippen LogP contribution in [0.15, 0.2) is 23.6 Å². The molecule has 110 valence electrons. The number of ether oxygens (including phenoxy) is 1. The van der Waals surface area contributed by atoms with Gasteiger partial charge >= 0.3 is 0 Å². The van der Waals surface area contributed by atoms with Crippen LogP contribution in [0.4, 0.5) is 5.13 Å². The quantitative estimate of drug-likeness (QED) is 0.933. The van der Waals surface area contributed by atoms with E-state index in [9.17, 15) is 4.79 Å². The van der Waals surface area contributed by atoms with Crippen LogP contribution in [0.25, 0.3) is 0 Å². The smallest absolute Gasteiger partial charge is 0.267 e. The van der Waals surface area contributed by atoms with E-state index in [1.165, 1.54) is 11.3 Å². The van der Waals surface area contributed by atoms with Gasteiger partial charge < -0.3 is 4.74 Å². The van der Waals surface area contributed by atoms with Gasteiger partial charge in [0.2, 0.25) is 0 Å². The van der Waals surface area contributed by atoms with Crippen LogP contribution in [0.5, 0.6) is 5.75 Å². The number of thiazole rings is 1. The molecule has 0 aliphatic carbocycles. The minimum atomic E-state index is -0.523. The van der Waals surface area contributed by atoms with Crippen LogP contribution in [-0.2, 0) is 11.2 Å². The summed E-state index contributed by atoms with van der Waals surface area (Å²) in [5.41, 5.74) is 1.95. The van der Waals surface area contributed by atoms with Crippen molar-refractivity contribution in [2.24, 2.45) is 0 Å². The largest absolute Gasteiger partial charge is 0.480 e. The number of carbonyl (C=O) groups excluding carboxylic acids is 1. The van der Waals surface area contributed by atoms with Crippen molar-refractivity contribution in [3.8, 4) is 5.75 Å². The van der Waals surface area contributed by atoms with Gasteiger partial charge in [-0.15, -0.1) is 11.3 Å². The maximum absolute atomic E-state index is 12.2. The lowest BCUT2D eigenvalue weighted by Crippen LogP contribution is -2.31. The molecule has 1 unspecified atom stereocenters.